The average Bonchev–Trinajstić information content (AvgIpc) is 3.18. The molecule has 0 spiro atoms. The number of benzene rings is 2. The number of hydrogen-bond donors (Lipinski definition) is 1. The molecule has 0 saturated heterocycles. The van der Waals surface area contributed by atoms with Crippen LogP contribution in [0, 0.1) is 17.8 Å². The first-order chi connectivity index (χ1) is 10.9. The molecular weight excluding hydrogens is 270 g/mol. The third kappa shape index (κ3) is 2.87. The molecule has 2 aromatic carbocycles. The Labute approximate surface area is 131 Å². The molecule has 2 nitrogen and oxygen atoms in total. The molecule has 1 saturated carbocycles. The van der Waals surface area contributed by atoms with Gasteiger partial charge in [-0.05, 0) is 67.0 Å². The van der Waals surface area contributed by atoms with E-state index in [1.807, 2.05) is 30.3 Å². The van der Waals surface area contributed by atoms with Gasteiger partial charge in [0.1, 0.15) is 5.75 Å². The van der Waals surface area contributed by atoms with E-state index in [0.717, 1.165) is 35.6 Å². The van der Waals surface area contributed by atoms with Crippen molar-refractivity contribution < 1.29 is 4.74 Å². The van der Waals surface area contributed by atoms with E-state index in [4.69, 9.17) is 4.74 Å². The highest BCUT2D eigenvalue weighted by Gasteiger charge is 2.35. The Balaban J connectivity index is 1.33. The second-order valence-corrected chi connectivity index (χ2v) is 6.37. The minimum absolute atomic E-state index is 0.706. The Bertz CT molecular complexity index is 647. The van der Waals surface area contributed by atoms with Crippen molar-refractivity contribution in [1.29, 1.82) is 0 Å². The van der Waals surface area contributed by atoms with Gasteiger partial charge in [-0.25, -0.2) is 0 Å². The fourth-order valence-electron chi connectivity index (χ4n) is 3.61. The minimum atomic E-state index is 0.706. The predicted molar refractivity (Wildman–Crippen MR) is 90.5 cm³/mol. The minimum Gasteiger partial charge on any atom is -0.493 e. The zero-order valence-electron chi connectivity index (χ0n) is 12.6. The van der Waals surface area contributed by atoms with E-state index < -0.39 is 0 Å². The number of nitrogens with one attached hydrogen (secondary N) is 1. The summed E-state index contributed by atoms with van der Waals surface area (Å²) in [4.78, 5) is 0. The molecule has 4 rings (SSSR count). The van der Waals surface area contributed by atoms with Gasteiger partial charge in [-0.1, -0.05) is 30.4 Å². The Morgan fingerprint density at radius 3 is 2.32 bits per heavy atom. The van der Waals surface area contributed by atoms with Gasteiger partial charge in [0.25, 0.3) is 0 Å². The molecule has 0 aliphatic heterocycles. The van der Waals surface area contributed by atoms with E-state index in [1.54, 1.807) is 0 Å². The lowest BCUT2D eigenvalue weighted by Gasteiger charge is -2.18. The van der Waals surface area contributed by atoms with Crippen molar-refractivity contribution in [3.8, 4) is 5.75 Å². The molecule has 112 valence electrons. The predicted octanol–water partition coefficient (Wildman–Crippen LogP) is 5.02. The second-order valence-electron chi connectivity index (χ2n) is 6.37. The summed E-state index contributed by atoms with van der Waals surface area (Å²) in [7, 11) is 0. The first-order valence-electron chi connectivity index (χ1n) is 8.10. The van der Waals surface area contributed by atoms with Crippen LogP contribution in [0.3, 0.4) is 0 Å². The number of fused-ring (bicyclic) bond motifs is 2. The number of allylic oxidation sites excluding steroid dienone is 2. The van der Waals surface area contributed by atoms with Crippen LogP contribution in [0.4, 0.5) is 11.4 Å². The first-order valence-corrected chi connectivity index (χ1v) is 8.10. The molecule has 2 aliphatic rings. The summed E-state index contributed by atoms with van der Waals surface area (Å²) in [6.07, 6.45) is 7.41. The smallest absolute Gasteiger partial charge is 0.119 e. The molecule has 0 aromatic heterocycles. The molecule has 0 amide bonds. The van der Waals surface area contributed by atoms with Crippen molar-refractivity contribution in [1.82, 2.24) is 0 Å². The van der Waals surface area contributed by atoms with E-state index in [1.165, 1.54) is 12.8 Å². The lowest BCUT2D eigenvalue weighted by atomic mass is 9.95. The van der Waals surface area contributed by atoms with Crippen molar-refractivity contribution in [2.75, 3.05) is 11.9 Å². The lowest BCUT2D eigenvalue weighted by Crippen LogP contribution is -2.16. The largest absolute Gasteiger partial charge is 0.493 e. The highest BCUT2D eigenvalue weighted by Crippen LogP contribution is 2.43. The van der Waals surface area contributed by atoms with Crippen molar-refractivity contribution in [2.45, 2.75) is 12.8 Å². The van der Waals surface area contributed by atoms with Crippen LogP contribution in [0.15, 0.2) is 66.7 Å². The van der Waals surface area contributed by atoms with Crippen LogP contribution in [-0.4, -0.2) is 6.61 Å². The topological polar surface area (TPSA) is 21.3 Å². The number of rotatable bonds is 5. The summed E-state index contributed by atoms with van der Waals surface area (Å²) in [6.45, 7) is 0.844. The molecule has 0 radical (unpaired) electrons. The molecule has 2 heteroatoms. The van der Waals surface area contributed by atoms with Crippen molar-refractivity contribution in [2.24, 2.45) is 17.8 Å². The van der Waals surface area contributed by atoms with Crippen LogP contribution in [0.1, 0.15) is 12.8 Å². The van der Waals surface area contributed by atoms with Gasteiger partial charge < -0.3 is 10.1 Å². The fourth-order valence-corrected chi connectivity index (χ4v) is 3.61. The fraction of sp³-hybridized carbons (Fsp3) is 0.300. The summed E-state index contributed by atoms with van der Waals surface area (Å²) in [5, 5.41) is 3.39. The number of anilines is 2. The maximum atomic E-state index is 5.99. The number of para-hydroxylation sites is 1. The first kappa shape index (κ1) is 13.4. The quantitative estimate of drug-likeness (QED) is 0.781. The SMILES string of the molecule is C1=CC2CC1CC2COc1ccc(Nc2ccccc2)cc1. The van der Waals surface area contributed by atoms with Crippen molar-refractivity contribution >= 4 is 11.4 Å². The lowest BCUT2D eigenvalue weighted by molar-refractivity contribution is 0.228. The van der Waals surface area contributed by atoms with Gasteiger partial charge in [0.2, 0.25) is 0 Å². The molecule has 3 atom stereocenters. The zero-order chi connectivity index (χ0) is 14.8. The van der Waals surface area contributed by atoms with Crippen LogP contribution in [0.2, 0.25) is 0 Å². The molecule has 2 aliphatic carbocycles. The van der Waals surface area contributed by atoms with Crippen molar-refractivity contribution in [3.63, 3.8) is 0 Å². The van der Waals surface area contributed by atoms with E-state index in [-0.39, 0.29) is 0 Å². The third-order valence-corrected chi connectivity index (χ3v) is 4.80. The number of hydrogen-bond acceptors (Lipinski definition) is 2. The Kier molecular flexibility index (Phi) is 3.59. The van der Waals surface area contributed by atoms with Gasteiger partial charge in [0.15, 0.2) is 0 Å². The maximum absolute atomic E-state index is 5.99. The van der Waals surface area contributed by atoms with E-state index in [0.29, 0.717) is 5.92 Å². The summed E-state index contributed by atoms with van der Waals surface area (Å²) < 4.78 is 5.99. The second kappa shape index (κ2) is 5.88. The van der Waals surface area contributed by atoms with Crippen molar-refractivity contribution in [3.05, 3.63) is 66.7 Å². The average molecular weight is 291 g/mol. The molecule has 2 bridgehead atoms. The molecule has 0 heterocycles. The molecule has 22 heavy (non-hydrogen) atoms. The highest BCUT2D eigenvalue weighted by molar-refractivity contribution is 5.59. The molecular formula is C20H21NO. The van der Waals surface area contributed by atoms with Crippen LogP contribution >= 0.6 is 0 Å². The van der Waals surface area contributed by atoms with Crippen LogP contribution in [0.25, 0.3) is 0 Å². The maximum Gasteiger partial charge on any atom is 0.119 e. The van der Waals surface area contributed by atoms with Gasteiger partial charge in [-0.15, -0.1) is 0 Å². The molecule has 3 unspecified atom stereocenters. The van der Waals surface area contributed by atoms with Crippen LogP contribution in [0.5, 0.6) is 5.75 Å². The Morgan fingerprint density at radius 2 is 1.64 bits per heavy atom. The summed E-state index contributed by atoms with van der Waals surface area (Å²) in [6, 6.07) is 18.5. The monoisotopic (exact) mass is 291 g/mol. The number of ether oxygens (including phenoxy) is 1. The summed E-state index contributed by atoms with van der Waals surface area (Å²) in [5.74, 6) is 3.24. The molecule has 2 aromatic rings. The van der Waals surface area contributed by atoms with E-state index in [2.05, 4.69) is 41.7 Å². The zero-order valence-corrected chi connectivity index (χ0v) is 12.6. The van der Waals surface area contributed by atoms with Crippen LogP contribution in [-0.2, 0) is 0 Å². The van der Waals surface area contributed by atoms with E-state index >= 15 is 0 Å². The van der Waals surface area contributed by atoms with Gasteiger partial charge >= 0.3 is 0 Å². The van der Waals surface area contributed by atoms with Gasteiger partial charge in [-0.2, -0.15) is 0 Å². The highest BCUT2D eigenvalue weighted by atomic mass is 16.5. The molecule has 1 fully saturated rings. The van der Waals surface area contributed by atoms with Gasteiger partial charge in [0, 0.05) is 11.4 Å². The summed E-state index contributed by atoms with van der Waals surface area (Å²) >= 11 is 0. The van der Waals surface area contributed by atoms with E-state index in [9.17, 15) is 0 Å². The van der Waals surface area contributed by atoms with Gasteiger partial charge in [0.05, 0.1) is 6.61 Å². The standard InChI is InChI=1S/C20H21NO/c1-2-4-18(5-3-1)21-19-8-10-20(11-9-19)22-14-17-13-15-6-7-16(17)12-15/h1-11,15-17,21H,12-14H2. The molecule has 1 N–H and O–H groups in total. The normalized spacial score (nSPS) is 25.4. The third-order valence-electron chi connectivity index (χ3n) is 4.80. The Morgan fingerprint density at radius 1 is 0.864 bits per heavy atom. The Hall–Kier alpha value is -2.22. The van der Waals surface area contributed by atoms with Crippen LogP contribution < -0.4 is 10.1 Å². The van der Waals surface area contributed by atoms with Gasteiger partial charge in [-0.3, -0.25) is 0 Å². The summed E-state index contributed by atoms with van der Waals surface area (Å²) in [5.41, 5.74) is 2.19.